The lowest BCUT2D eigenvalue weighted by molar-refractivity contribution is 0.0696. The highest BCUT2D eigenvalue weighted by Gasteiger charge is 2.27. The van der Waals surface area contributed by atoms with E-state index in [9.17, 15) is 9.90 Å². The number of hydrogen-bond donors (Lipinski definition) is 1. The SMILES string of the molecule is CCN1C/C(=C/c2cccc(C)c2)c2nc3ccccc3c(C(=O)O)c2C1. The Hall–Kier alpha value is -2.98. The van der Waals surface area contributed by atoms with Crippen molar-refractivity contribution in [2.45, 2.75) is 20.4 Å². The molecule has 4 nitrogen and oxygen atoms in total. The number of rotatable bonds is 3. The van der Waals surface area contributed by atoms with Crippen LogP contribution in [0.4, 0.5) is 0 Å². The smallest absolute Gasteiger partial charge is 0.336 e. The molecule has 2 heterocycles. The van der Waals surface area contributed by atoms with Crippen LogP contribution in [-0.2, 0) is 6.54 Å². The second-order valence-corrected chi connectivity index (χ2v) is 7.02. The van der Waals surface area contributed by atoms with Crippen LogP contribution < -0.4 is 0 Å². The van der Waals surface area contributed by atoms with Crippen LogP contribution >= 0.6 is 0 Å². The second kappa shape index (κ2) is 6.97. The Morgan fingerprint density at radius 2 is 2.00 bits per heavy atom. The van der Waals surface area contributed by atoms with Crippen molar-refractivity contribution >= 4 is 28.5 Å². The Balaban J connectivity index is 1.99. The first-order valence-electron chi connectivity index (χ1n) is 9.21. The number of pyridine rings is 1. The van der Waals surface area contributed by atoms with Crippen molar-refractivity contribution in [1.82, 2.24) is 9.88 Å². The second-order valence-electron chi connectivity index (χ2n) is 7.02. The maximum Gasteiger partial charge on any atom is 0.336 e. The van der Waals surface area contributed by atoms with E-state index in [2.05, 4.69) is 43.0 Å². The number of carbonyl (C=O) groups is 1. The van der Waals surface area contributed by atoms with Crippen molar-refractivity contribution in [2.75, 3.05) is 13.1 Å². The number of aromatic nitrogens is 1. The van der Waals surface area contributed by atoms with E-state index in [1.807, 2.05) is 30.3 Å². The van der Waals surface area contributed by atoms with Gasteiger partial charge >= 0.3 is 5.97 Å². The molecule has 136 valence electrons. The average Bonchev–Trinajstić information content (AvgIpc) is 2.66. The topological polar surface area (TPSA) is 53.4 Å². The van der Waals surface area contributed by atoms with Gasteiger partial charge in [0.25, 0.3) is 0 Å². The molecule has 1 aromatic heterocycles. The van der Waals surface area contributed by atoms with Crippen molar-refractivity contribution in [2.24, 2.45) is 0 Å². The molecule has 1 aliphatic rings. The van der Waals surface area contributed by atoms with E-state index in [1.165, 1.54) is 5.56 Å². The zero-order valence-electron chi connectivity index (χ0n) is 15.6. The van der Waals surface area contributed by atoms with E-state index >= 15 is 0 Å². The summed E-state index contributed by atoms with van der Waals surface area (Å²) in [4.78, 5) is 19.3. The maximum absolute atomic E-state index is 12.1. The number of benzene rings is 2. The summed E-state index contributed by atoms with van der Waals surface area (Å²) in [5.74, 6) is -0.891. The van der Waals surface area contributed by atoms with Crippen LogP contribution in [-0.4, -0.2) is 34.0 Å². The molecule has 0 saturated carbocycles. The van der Waals surface area contributed by atoms with Crippen LogP contribution in [0.5, 0.6) is 0 Å². The highest BCUT2D eigenvalue weighted by Crippen LogP contribution is 2.34. The summed E-state index contributed by atoms with van der Waals surface area (Å²) in [5.41, 5.74) is 6.12. The third-order valence-corrected chi connectivity index (χ3v) is 5.12. The number of carboxylic acid groups (broad SMARTS) is 1. The molecule has 4 rings (SSSR count). The minimum atomic E-state index is -0.891. The fourth-order valence-corrected chi connectivity index (χ4v) is 3.81. The lowest BCUT2D eigenvalue weighted by atomic mass is 9.92. The van der Waals surface area contributed by atoms with Crippen LogP contribution in [0.3, 0.4) is 0 Å². The summed E-state index contributed by atoms with van der Waals surface area (Å²) in [6.07, 6.45) is 2.14. The largest absolute Gasteiger partial charge is 0.478 e. The lowest BCUT2D eigenvalue weighted by Crippen LogP contribution is -2.31. The maximum atomic E-state index is 12.1. The van der Waals surface area contributed by atoms with Gasteiger partial charge in [-0.1, -0.05) is 55.0 Å². The van der Waals surface area contributed by atoms with E-state index in [-0.39, 0.29) is 0 Å². The van der Waals surface area contributed by atoms with Crippen molar-refractivity contribution in [3.05, 3.63) is 76.5 Å². The van der Waals surface area contributed by atoms with E-state index in [0.29, 0.717) is 17.5 Å². The third-order valence-electron chi connectivity index (χ3n) is 5.12. The normalized spacial score (nSPS) is 15.9. The summed E-state index contributed by atoms with van der Waals surface area (Å²) in [6.45, 7) is 6.41. The van der Waals surface area contributed by atoms with Crippen LogP contribution in [0.25, 0.3) is 22.6 Å². The Morgan fingerprint density at radius 1 is 1.19 bits per heavy atom. The molecule has 0 aliphatic carbocycles. The third kappa shape index (κ3) is 3.24. The summed E-state index contributed by atoms with van der Waals surface area (Å²) in [7, 11) is 0. The quantitative estimate of drug-likeness (QED) is 0.742. The van der Waals surface area contributed by atoms with E-state index in [1.54, 1.807) is 0 Å². The Labute approximate surface area is 158 Å². The number of likely N-dealkylation sites (N-methyl/N-ethyl adjacent to an activating group) is 1. The van der Waals surface area contributed by atoms with E-state index < -0.39 is 5.97 Å². The summed E-state index contributed by atoms with van der Waals surface area (Å²) in [6, 6.07) is 15.8. The van der Waals surface area contributed by atoms with Crippen molar-refractivity contribution in [3.8, 4) is 0 Å². The van der Waals surface area contributed by atoms with Gasteiger partial charge in [-0.3, -0.25) is 4.90 Å². The van der Waals surface area contributed by atoms with Crippen molar-refractivity contribution in [1.29, 1.82) is 0 Å². The summed E-state index contributed by atoms with van der Waals surface area (Å²) >= 11 is 0. The first kappa shape index (κ1) is 17.4. The molecule has 0 saturated heterocycles. The average molecular weight is 358 g/mol. The van der Waals surface area contributed by atoms with Gasteiger partial charge in [0.05, 0.1) is 16.8 Å². The van der Waals surface area contributed by atoms with Gasteiger partial charge in [-0.05, 0) is 36.7 Å². The molecular formula is C23H22N2O2. The summed E-state index contributed by atoms with van der Waals surface area (Å²) in [5, 5.41) is 10.6. The first-order valence-corrected chi connectivity index (χ1v) is 9.21. The van der Waals surface area contributed by atoms with Crippen LogP contribution in [0.1, 0.15) is 39.7 Å². The number of para-hydroxylation sites is 1. The van der Waals surface area contributed by atoms with E-state index in [4.69, 9.17) is 4.98 Å². The predicted molar refractivity (Wildman–Crippen MR) is 109 cm³/mol. The zero-order chi connectivity index (χ0) is 19.0. The number of carboxylic acids is 1. The van der Waals surface area contributed by atoms with Gasteiger partial charge in [0.2, 0.25) is 0 Å². The fraction of sp³-hybridized carbons (Fsp3) is 0.217. The molecule has 0 unspecified atom stereocenters. The van der Waals surface area contributed by atoms with Gasteiger partial charge in [0.15, 0.2) is 0 Å². The fourth-order valence-electron chi connectivity index (χ4n) is 3.81. The highest BCUT2D eigenvalue weighted by molar-refractivity contribution is 6.06. The van der Waals surface area contributed by atoms with E-state index in [0.717, 1.165) is 41.0 Å². The predicted octanol–water partition coefficient (Wildman–Crippen LogP) is 4.62. The van der Waals surface area contributed by atoms with Crippen LogP contribution in [0, 0.1) is 6.92 Å². The van der Waals surface area contributed by atoms with Crippen LogP contribution in [0.15, 0.2) is 48.5 Å². The van der Waals surface area contributed by atoms with Gasteiger partial charge < -0.3 is 5.11 Å². The summed E-state index contributed by atoms with van der Waals surface area (Å²) < 4.78 is 0. The minimum absolute atomic E-state index is 0.379. The van der Waals surface area contributed by atoms with Crippen LogP contribution in [0.2, 0.25) is 0 Å². The molecule has 0 atom stereocenters. The zero-order valence-corrected chi connectivity index (χ0v) is 15.6. The first-order chi connectivity index (χ1) is 13.1. The molecule has 0 spiro atoms. The molecule has 2 aromatic carbocycles. The van der Waals surface area contributed by atoms with Crippen molar-refractivity contribution < 1.29 is 9.90 Å². The molecule has 4 heteroatoms. The molecule has 1 aliphatic heterocycles. The highest BCUT2D eigenvalue weighted by atomic mass is 16.4. The van der Waals surface area contributed by atoms with Gasteiger partial charge in [-0.15, -0.1) is 0 Å². The molecule has 0 radical (unpaired) electrons. The molecule has 1 N–H and O–H groups in total. The number of nitrogens with zero attached hydrogens (tertiary/aromatic N) is 2. The van der Waals surface area contributed by atoms with Gasteiger partial charge in [-0.2, -0.15) is 0 Å². The number of aromatic carboxylic acids is 1. The number of fused-ring (bicyclic) bond motifs is 2. The van der Waals surface area contributed by atoms with Crippen molar-refractivity contribution in [3.63, 3.8) is 0 Å². The minimum Gasteiger partial charge on any atom is -0.478 e. The molecule has 0 fully saturated rings. The Kier molecular flexibility index (Phi) is 4.50. The molecular weight excluding hydrogens is 336 g/mol. The lowest BCUT2D eigenvalue weighted by Gasteiger charge is -2.30. The number of hydrogen-bond acceptors (Lipinski definition) is 3. The molecule has 0 bridgehead atoms. The molecule has 0 amide bonds. The van der Waals surface area contributed by atoms with Gasteiger partial charge in [0.1, 0.15) is 0 Å². The standard InChI is InChI=1S/C23H22N2O2/c1-3-25-13-17(12-16-8-6-7-15(2)11-16)22-19(14-25)21(23(26)27)18-9-4-5-10-20(18)24-22/h4-12H,3,13-14H2,1-2H3,(H,26,27)/b17-12-. The Morgan fingerprint density at radius 3 is 2.74 bits per heavy atom. The number of aryl methyl sites for hydroxylation is 1. The molecule has 3 aromatic rings. The molecule has 27 heavy (non-hydrogen) atoms. The monoisotopic (exact) mass is 358 g/mol. The van der Waals surface area contributed by atoms with Gasteiger partial charge in [-0.25, -0.2) is 9.78 Å². The van der Waals surface area contributed by atoms with Gasteiger partial charge in [0, 0.05) is 24.0 Å². The Bertz CT molecular complexity index is 1070.